The van der Waals surface area contributed by atoms with E-state index < -0.39 is 0 Å². The molecule has 0 aromatic heterocycles. The van der Waals surface area contributed by atoms with E-state index in [1.54, 1.807) is 0 Å². The predicted molar refractivity (Wildman–Crippen MR) is 92.5 cm³/mol. The van der Waals surface area contributed by atoms with Gasteiger partial charge in [-0.2, -0.15) is 0 Å². The molecule has 2 atom stereocenters. The third kappa shape index (κ3) is 3.22. The van der Waals surface area contributed by atoms with Gasteiger partial charge in [0, 0.05) is 10.5 Å². The van der Waals surface area contributed by atoms with Crippen molar-refractivity contribution < 1.29 is 0 Å². The smallest absolute Gasteiger partial charge is 0.0301 e. The van der Waals surface area contributed by atoms with Crippen LogP contribution in [0.1, 0.15) is 53.5 Å². The van der Waals surface area contributed by atoms with E-state index in [4.69, 9.17) is 5.73 Å². The largest absolute Gasteiger partial charge is 0.324 e. The maximum Gasteiger partial charge on any atom is 0.0301 e. The summed E-state index contributed by atoms with van der Waals surface area (Å²) in [6.07, 6.45) is 4.80. The summed E-state index contributed by atoms with van der Waals surface area (Å²) >= 11 is 3.61. The molecule has 110 valence electrons. The maximum atomic E-state index is 6.48. The average molecular weight is 344 g/mol. The number of benzene rings is 2. The van der Waals surface area contributed by atoms with E-state index >= 15 is 0 Å². The van der Waals surface area contributed by atoms with Gasteiger partial charge < -0.3 is 5.73 Å². The highest BCUT2D eigenvalue weighted by atomic mass is 79.9. The fourth-order valence-electron chi connectivity index (χ4n) is 3.38. The highest BCUT2D eigenvalue weighted by Gasteiger charge is 2.22. The number of fused-ring (bicyclic) bond motifs is 1. The molecule has 0 bridgehead atoms. The predicted octanol–water partition coefficient (Wildman–Crippen LogP) is 5.27. The van der Waals surface area contributed by atoms with Crippen LogP contribution in [0.3, 0.4) is 0 Å². The number of hydrogen-bond acceptors (Lipinski definition) is 1. The second-order valence-corrected chi connectivity index (χ2v) is 6.99. The van der Waals surface area contributed by atoms with Crippen molar-refractivity contribution in [1.29, 1.82) is 0 Å². The average Bonchev–Trinajstić information content (AvgIpc) is 2.50. The Kier molecular flexibility index (Phi) is 4.46. The van der Waals surface area contributed by atoms with Gasteiger partial charge in [0.2, 0.25) is 0 Å². The van der Waals surface area contributed by atoms with Crippen molar-refractivity contribution in [2.45, 2.75) is 44.6 Å². The molecule has 21 heavy (non-hydrogen) atoms. The molecule has 0 radical (unpaired) electrons. The van der Waals surface area contributed by atoms with Crippen molar-refractivity contribution in [3.05, 3.63) is 69.2 Å². The van der Waals surface area contributed by atoms with Crippen molar-refractivity contribution >= 4 is 15.9 Å². The molecule has 0 amide bonds. The summed E-state index contributed by atoms with van der Waals surface area (Å²) in [6, 6.07) is 15.5. The fourth-order valence-corrected chi connectivity index (χ4v) is 3.78. The lowest BCUT2D eigenvalue weighted by atomic mass is 9.79. The second kappa shape index (κ2) is 6.33. The van der Waals surface area contributed by atoms with Crippen molar-refractivity contribution in [3.8, 4) is 0 Å². The van der Waals surface area contributed by atoms with Crippen LogP contribution in [0.2, 0.25) is 0 Å². The summed E-state index contributed by atoms with van der Waals surface area (Å²) in [6.45, 7) is 2.11. The van der Waals surface area contributed by atoms with Gasteiger partial charge in [-0.1, -0.05) is 52.3 Å². The van der Waals surface area contributed by atoms with E-state index in [2.05, 4.69) is 65.3 Å². The minimum absolute atomic E-state index is 0.109. The van der Waals surface area contributed by atoms with Gasteiger partial charge in [-0.25, -0.2) is 0 Å². The van der Waals surface area contributed by atoms with Gasteiger partial charge in [0.1, 0.15) is 0 Å². The van der Waals surface area contributed by atoms with Crippen molar-refractivity contribution in [2.75, 3.05) is 0 Å². The molecule has 0 heterocycles. The van der Waals surface area contributed by atoms with Crippen LogP contribution in [0.25, 0.3) is 0 Å². The molecule has 0 fully saturated rings. The van der Waals surface area contributed by atoms with Gasteiger partial charge in [-0.05, 0) is 66.8 Å². The molecule has 1 nitrogen and oxygen atoms in total. The summed E-state index contributed by atoms with van der Waals surface area (Å²) in [5.41, 5.74) is 12.0. The zero-order valence-electron chi connectivity index (χ0n) is 12.5. The molecule has 3 rings (SSSR count). The van der Waals surface area contributed by atoms with E-state index in [9.17, 15) is 0 Å². The van der Waals surface area contributed by atoms with Crippen molar-refractivity contribution in [1.82, 2.24) is 0 Å². The zero-order valence-corrected chi connectivity index (χ0v) is 14.1. The molecule has 1 aliphatic rings. The lowest BCUT2D eigenvalue weighted by Gasteiger charge is -2.28. The van der Waals surface area contributed by atoms with E-state index in [1.807, 2.05) is 0 Å². The molecule has 2 N–H and O–H groups in total. The van der Waals surface area contributed by atoms with Crippen molar-refractivity contribution in [2.24, 2.45) is 5.73 Å². The normalized spacial score (nSPS) is 19.1. The standard InChI is InChI=1S/C19H22BrN/c1-13-9-10-16(11-18(13)20)19(21)12-15-7-4-6-14-5-2-3-8-17(14)15/h2-3,5,8-11,15,19H,4,6-7,12,21H2,1H3. The summed E-state index contributed by atoms with van der Waals surface area (Å²) in [5.74, 6) is 0.602. The maximum absolute atomic E-state index is 6.48. The summed E-state index contributed by atoms with van der Waals surface area (Å²) in [7, 11) is 0. The Morgan fingerprint density at radius 2 is 2.05 bits per heavy atom. The first-order valence-electron chi connectivity index (χ1n) is 7.74. The molecule has 0 aliphatic heterocycles. The van der Waals surface area contributed by atoms with Gasteiger partial charge in [0.25, 0.3) is 0 Å². The van der Waals surface area contributed by atoms with Gasteiger partial charge in [0.15, 0.2) is 0 Å². The molecule has 0 saturated carbocycles. The van der Waals surface area contributed by atoms with E-state index in [0.29, 0.717) is 5.92 Å². The highest BCUT2D eigenvalue weighted by Crippen LogP contribution is 2.37. The minimum atomic E-state index is 0.109. The summed E-state index contributed by atoms with van der Waals surface area (Å²) in [5, 5.41) is 0. The van der Waals surface area contributed by atoms with E-state index in [0.717, 1.165) is 10.9 Å². The van der Waals surface area contributed by atoms with Gasteiger partial charge >= 0.3 is 0 Å². The van der Waals surface area contributed by atoms with Crippen LogP contribution in [-0.4, -0.2) is 0 Å². The van der Waals surface area contributed by atoms with Gasteiger partial charge in [0.05, 0.1) is 0 Å². The molecule has 2 unspecified atom stereocenters. The van der Waals surface area contributed by atoms with Crippen LogP contribution in [0.15, 0.2) is 46.9 Å². The Hall–Kier alpha value is -1.12. The molecule has 2 heteroatoms. The van der Waals surface area contributed by atoms with Crippen LogP contribution in [-0.2, 0) is 6.42 Å². The quantitative estimate of drug-likeness (QED) is 0.807. The number of hydrogen-bond donors (Lipinski definition) is 1. The number of rotatable bonds is 3. The lowest BCUT2D eigenvalue weighted by Crippen LogP contribution is -2.18. The fraction of sp³-hybridized carbons (Fsp3) is 0.368. The van der Waals surface area contributed by atoms with Crippen LogP contribution in [0.4, 0.5) is 0 Å². The topological polar surface area (TPSA) is 26.0 Å². The Bertz CT molecular complexity index is 635. The number of nitrogens with two attached hydrogens (primary N) is 1. The molecule has 0 saturated heterocycles. The SMILES string of the molecule is Cc1ccc(C(N)CC2CCCc3ccccc32)cc1Br. The third-order valence-corrected chi connectivity index (χ3v) is 5.51. The van der Waals surface area contributed by atoms with E-state index in [-0.39, 0.29) is 6.04 Å². The van der Waals surface area contributed by atoms with Crippen LogP contribution < -0.4 is 5.73 Å². The molecule has 1 aliphatic carbocycles. The molecular formula is C19H22BrN. The number of aryl methyl sites for hydroxylation is 2. The first-order valence-corrected chi connectivity index (χ1v) is 8.54. The number of halogens is 1. The summed E-state index contributed by atoms with van der Waals surface area (Å²) in [4.78, 5) is 0. The highest BCUT2D eigenvalue weighted by molar-refractivity contribution is 9.10. The lowest BCUT2D eigenvalue weighted by molar-refractivity contribution is 0.476. The third-order valence-electron chi connectivity index (χ3n) is 4.66. The Morgan fingerprint density at radius 3 is 2.86 bits per heavy atom. The Morgan fingerprint density at radius 1 is 1.24 bits per heavy atom. The van der Waals surface area contributed by atoms with Crippen molar-refractivity contribution in [3.63, 3.8) is 0 Å². The second-order valence-electron chi connectivity index (χ2n) is 6.14. The van der Waals surface area contributed by atoms with E-state index in [1.165, 1.54) is 41.5 Å². The first kappa shape index (κ1) is 14.8. The van der Waals surface area contributed by atoms with Crippen LogP contribution in [0.5, 0.6) is 0 Å². The molecule has 2 aromatic carbocycles. The van der Waals surface area contributed by atoms with Crippen LogP contribution >= 0.6 is 15.9 Å². The van der Waals surface area contributed by atoms with Crippen LogP contribution in [0, 0.1) is 6.92 Å². The molecule has 0 spiro atoms. The monoisotopic (exact) mass is 343 g/mol. The zero-order chi connectivity index (χ0) is 14.8. The summed E-state index contributed by atoms with van der Waals surface area (Å²) < 4.78 is 1.15. The molecular weight excluding hydrogens is 322 g/mol. The molecule has 2 aromatic rings. The Balaban J connectivity index is 1.79. The Labute approximate surface area is 135 Å². The minimum Gasteiger partial charge on any atom is -0.324 e. The van der Waals surface area contributed by atoms with Gasteiger partial charge in [-0.3, -0.25) is 0 Å². The van der Waals surface area contributed by atoms with Gasteiger partial charge in [-0.15, -0.1) is 0 Å². The first-order chi connectivity index (χ1) is 10.1.